The summed E-state index contributed by atoms with van der Waals surface area (Å²) in [6.45, 7) is 5.94. The first-order valence-corrected chi connectivity index (χ1v) is 7.15. The Hall–Kier alpha value is -1.88. The Morgan fingerprint density at radius 3 is 2.65 bits per heavy atom. The van der Waals surface area contributed by atoms with E-state index in [4.69, 9.17) is 4.52 Å². The van der Waals surface area contributed by atoms with Crippen LogP contribution in [0, 0.1) is 6.92 Å². The Morgan fingerprint density at radius 2 is 1.90 bits per heavy atom. The van der Waals surface area contributed by atoms with E-state index in [0.717, 1.165) is 50.9 Å². The van der Waals surface area contributed by atoms with Gasteiger partial charge in [-0.05, 0) is 24.1 Å². The van der Waals surface area contributed by atoms with Gasteiger partial charge in [0.25, 0.3) is 5.95 Å². The fourth-order valence-electron chi connectivity index (χ4n) is 2.35. The third-order valence-electron chi connectivity index (χ3n) is 3.61. The number of hydrogen-bond donors (Lipinski definition) is 1. The van der Waals surface area contributed by atoms with E-state index in [-0.39, 0.29) is 0 Å². The summed E-state index contributed by atoms with van der Waals surface area (Å²) in [4.78, 5) is 6.65. The molecule has 1 aromatic heterocycles. The molecule has 3 rings (SSSR count). The lowest BCUT2D eigenvalue weighted by Crippen LogP contribution is -2.44. The number of aryl methyl sites for hydroxylation is 3. The van der Waals surface area contributed by atoms with Crippen LogP contribution in [-0.2, 0) is 12.8 Å². The van der Waals surface area contributed by atoms with Crippen LogP contribution in [0.15, 0.2) is 28.8 Å². The molecule has 0 saturated carbocycles. The molecule has 0 spiro atoms. The second kappa shape index (κ2) is 6.05. The quantitative estimate of drug-likeness (QED) is 0.915. The molecular weight excluding hydrogens is 252 g/mol. The van der Waals surface area contributed by atoms with Gasteiger partial charge in [-0.1, -0.05) is 29.8 Å². The summed E-state index contributed by atoms with van der Waals surface area (Å²) >= 11 is 0. The van der Waals surface area contributed by atoms with E-state index in [1.54, 1.807) is 0 Å². The van der Waals surface area contributed by atoms with Gasteiger partial charge in [-0.15, -0.1) is 0 Å². The molecule has 0 bridgehead atoms. The zero-order chi connectivity index (χ0) is 13.8. The first kappa shape index (κ1) is 13.1. The highest BCUT2D eigenvalue weighted by molar-refractivity contribution is 5.28. The second-order valence-electron chi connectivity index (χ2n) is 5.21. The van der Waals surface area contributed by atoms with Gasteiger partial charge in [0.2, 0.25) is 5.89 Å². The summed E-state index contributed by atoms with van der Waals surface area (Å²) in [6, 6.07) is 8.58. The topological polar surface area (TPSA) is 54.2 Å². The van der Waals surface area contributed by atoms with E-state index in [1.807, 2.05) is 0 Å². The summed E-state index contributed by atoms with van der Waals surface area (Å²) < 4.78 is 5.34. The largest absolute Gasteiger partial charge is 0.337 e. The van der Waals surface area contributed by atoms with Crippen LogP contribution in [0.1, 0.15) is 17.0 Å². The molecule has 1 aliphatic rings. The lowest BCUT2D eigenvalue weighted by atomic mass is 10.1. The van der Waals surface area contributed by atoms with Gasteiger partial charge in [-0.25, -0.2) is 0 Å². The van der Waals surface area contributed by atoms with E-state index < -0.39 is 0 Å². The van der Waals surface area contributed by atoms with Crippen molar-refractivity contribution in [3.05, 3.63) is 41.3 Å². The third-order valence-corrected chi connectivity index (χ3v) is 3.61. The number of anilines is 1. The smallest absolute Gasteiger partial charge is 0.266 e. The molecular formula is C15H20N4O. The first-order chi connectivity index (χ1) is 9.81. The van der Waals surface area contributed by atoms with E-state index in [0.29, 0.717) is 0 Å². The number of nitrogens with one attached hydrogen (secondary N) is 1. The highest BCUT2D eigenvalue weighted by atomic mass is 16.5. The maximum Gasteiger partial charge on any atom is 0.266 e. The SMILES string of the molecule is Cc1ccc(CCc2nc(N3CCNCC3)no2)cc1. The molecule has 0 unspecified atom stereocenters. The van der Waals surface area contributed by atoms with E-state index in [1.165, 1.54) is 11.1 Å². The summed E-state index contributed by atoms with van der Waals surface area (Å²) in [5.74, 6) is 1.45. The highest BCUT2D eigenvalue weighted by Gasteiger charge is 2.16. The zero-order valence-corrected chi connectivity index (χ0v) is 11.8. The minimum Gasteiger partial charge on any atom is -0.337 e. The molecule has 0 atom stereocenters. The van der Waals surface area contributed by atoms with Crippen LogP contribution >= 0.6 is 0 Å². The Morgan fingerprint density at radius 1 is 1.15 bits per heavy atom. The van der Waals surface area contributed by atoms with Crippen molar-refractivity contribution in [1.82, 2.24) is 15.5 Å². The number of hydrogen-bond acceptors (Lipinski definition) is 5. The Bertz CT molecular complexity index is 543. The maximum atomic E-state index is 5.34. The molecule has 106 valence electrons. The van der Waals surface area contributed by atoms with Crippen molar-refractivity contribution < 1.29 is 4.52 Å². The fraction of sp³-hybridized carbons (Fsp3) is 0.467. The minimum atomic E-state index is 0.721. The van der Waals surface area contributed by atoms with Gasteiger partial charge in [0.05, 0.1) is 0 Å². The predicted molar refractivity (Wildman–Crippen MR) is 78.0 cm³/mol. The minimum absolute atomic E-state index is 0.721. The van der Waals surface area contributed by atoms with Crippen molar-refractivity contribution in [2.45, 2.75) is 19.8 Å². The van der Waals surface area contributed by atoms with Crippen LogP contribution in [0.4, 0.5) is 5.95 Å². The summed E-state index contributed by atoms with van der Waals surface area (Å²) in [5, 5.41) is 7.39. The van der Waals surface area contributed by atoms with Gasteiger partial charge >= 0.3 is 0 Å². The van der Waals surface area contributed by atoms with Crippen LogP contribution in [0.2, 0.25) is 0 Å². The molecule has 1 fully saturated rings. The average molecular weight is 272 g/mol. The number of aromatic nitrogens is 2. The van der Waals surface area contributed by atoms with Crippen molar-refractivity contribution in [3.63, 3.8) is 0 Å². The van der Waals surface area contributed by atoms with Crippen molar-refractivity contribution in [3.8, 4) is 0 Å². The number of rotatable bonds is 4. The molecule has 2 heterocycles. The molecule has 5 nitrogen and oxygen atoms in total. The standard InChI is InChI=1S/C15H20N4O/c1-12-2-4-13(5-3-12)6-7-14-17-15(18-20-14)19-10-8-16-9-11-19/h2-5,16H,6-11H2,1H3. The zero-order valence-electron chi connectivity index (χ0n) is 11.8. The number of nitrogens with zero attached hydrogens (tertiary/aromatic N) is 3. The molecule has 5 heteroatoms. The molecule has 2 aromatic rings. The molecule has 0 aliphatic carbocycles. The lowest BCUT2D eigenvalue weighted by molar-refractivity contribution is 0.376. The summed E-state index contributed by atoms with van der Waals surface area (Å²) in [6.07, 6.45) is 1.73. The highest BCUT2D eigenvalue weighted by Crippen LogP contribution is 2.12. The van der Waals surface area contributed by atoms with Crippen LogP contribution in [0.3, 0.4) is 0 Å². The molecule has 1 aliphatic heterocycles. The van der Waals surface area contributed by atoms with Gasteiger partial charge in [0.1, 0.15) is 0 Å². The molecule has 1 saturated heterocycles. The molecule has 0 radical (unpaired) electrons. The van der Waals surface area contributed by atoms with Crippen molar-refractivity contribution in [2.75, 3.05) is 31.1 Å². The van der Waals surface area contributed by atoms with Crippen LogP contribution in [0.25, 0.3) is 0 Å². The summed E-state index contributed by atoms with van der Waals surface area (Å²) in [7, 11) is 0. The van der Waals surface area contributed by atoms with E-state index >= 15 is 0 Å². The Kier molecular flexibility index (Phi) is 3.97. The monoisotopic (exact) mass is 272 g/mol. The van der Waals surface area contributed by atoms with Crippen LogP contribution in [-0.4, -0.2) is 36.3 Å². The van der Waals surface area contributed by atoms with Gasteiger partial charge in [0, 0.05) is 32.6 Å². The van der Waals surface area contributed by atoms with Crippen LogP contribution in [0.5, 0.6) is 0 Å². The van der Waals surface area contributed by atoms with Gasteiger partial charge < -0.3 is 14.7 Å². The average Bonchev–Trinajstić information content (AvgIpc) is 2.97. The Labute approximate surface area is 119 Å². The maximum absolute atomic E-state index is 5.34. The lowest BCUT2D eigenvalue weighted by Gasteiger charge is -2.25. The van der Waals surface area contributed by atoms with Gasteiger partial charge in [-0.2, -0.15) is 4.98 Å². The summed E-state index contributed by atoms with van der Waals surface area (Å²) in [5.41, 5.74) is 2.59. The van der Waals surface area contributed by atoms with Gasteiger partial charge in [-0.3, -0.25) is 0 Å². The molecule has 1 N–H and O–H groups in total. The predicted octanol–water partition coefficient (Wildman–Crippen LogP) is 1.57. The van der Waals surface area contributed by atoms with Crippen molar-refractivity contribution in [2.24, 2.45) is 0 Å². The third kappa shape index (κ3) is 3.17. The first-order valence-electron chi connectivity index (χ1n) is 7.15. The Balaban J connectivity index is 1.58. The van der Waals surface area contributed by atoms with Crippen molar-refractivity contribution >= 4 is 5.95 Å². The van der Waals surface area contributed by atoms with Crippen LogP contribution < -0.4 is 10.2 Å². The van der Waals surface area contributed by atoms with Crippen molar-refractivity contribution in [1.29, 1.82) is 0 Å². The number of piperazine rings is 1. The molecule has 1 aromatic carbocycles. The normalized spacial score (nSPS) is 15.6. The van der Waals surface area contributed by atoms with E-state index in [2.05, 4.69) is 51.5 Å². The fourth-order valence-corrected chi connectivity index (χ4v) is 2.35. The molecule has 0 amide bonds. The second-order valence-corrected chi connectivity index (χ2v) is 5.21. The van der Waals surface area contributed by atoms with Gasteiger partial charge in [0.15, 0.2) is 0 Å². The number of benzene rings is 1. The van der Waals surface area contributed by atoms with E-state index in [9.17, 15) is 0 Å². The molecule has 20 heavy (non-hydrogen) atoms.